The predicted octanol–water partition coefficient (Wildman–Crippen LogP) is 17.3. The summed E-state index contributed by atoms with van der Waals surface area (Å²) in [6.45, 7) is 0. The monoisotopic (exact) mass is 873 g/mol. The van der Waals surface area contributed by atoms with Gasteiger partial charge in [-0.05, 0) is 147 Å². The van der Waals surface area contributed by atoms with Crippen molar-refractivity contribution in [2.45, 2.75) is 10.8 Å². The second-order valence-electron chi connectivity index (χ2n) is 19.0. The first-order valence-electron chi connectivity index (χ1n) is 24.2. The molecule has 0 heterocycles. The zero-order valence-corrected chi connectivity index (χ0v) is 37.8. The summed E-state index contributed by atoms with van der Waals surface area (Å²) in [7, 11) is 0. The third-order valence-corrected chi connectivity index (χ3v) is 15.9. The van der Waals surface area contributed by atoms with Gasteiger partial charge in [0, 0.05) is 17.1 Å². The van der Waals surface area contributed by atoms with Crippen LogP contribution in [0.2, 0.25) is 0 Å². The molecule has 1 nitrogen and oxygen atoms in total. The minimum Gasteiger partial charge on any atom is -0.310 e. The summed E-state index contributed by atoms with van der Waals surface area (Å²) in [4.78, 5) is 2.53. The SMILES string of the molecule is c1ccc(C2(c3cccc(N(c4ccc5c(c4)C4(c6ccccc6-c6ccccc64)c4ccccc4-5)c4ccc5c6ccccc6c6ccccc6c5c4)c3)c3ccccc3-c3ccccc32)cc1. The summed E-state index contributed by atoms with van der Waals surface area (Å²) in [5.41, 5.74) is 20.5. The third-order valence-electron chi connectivity index (χ3n) is 15.9. The second-order valence-corrected chi connectivity index (χ2v) is 19.0. The Bertz CT molecular complexity index is 3960. The standard InChI is InChI=1S/C68H43N/c1-2-19-44(20-3-1)67(61-32-13-8-27-54(61)55-28-9-14-33-62(55)67)45-21-18-22-46(41-45)69(47-37-39-53-51-25-5-4-23-49(51)50-24-6-7-26-52(50)60(53)42-47)48-38-40-59-58-31-12-17-36-65(58)68(66(59)43-48)63-34-15-10-29-56(63)57-30-11-16-35-64(57)68/h1-43H. The summed E-state index contributed by atoms with van der Waals surface area (Å²) < 4.78 is 0. The van der Waals surface area contributed by atoms with Gasteiger partial charge < -0.3 is 4.90 Å². The van der Waals surface area contributed by atoms with Gasteiger partial charge in [0.15, 0.2) is 0 Å². The minimum absolute atomic E-state index is 0.476. The molecule has 0 aliphatic heterocycles. The Labute approximate surface area is 401 Å². The fourth-order valence-corrected chi connectivity index (χ4v) is 13.3. The van der Waals surface area contributed by atoms with Crippen molar-refractivity contribution >= 4 is 49.4 Å². The highest BCUT2D eigenvalue weighted by molar-refractivity contribution is 6.25. The van der Waals surface area contributed by atoms with Crippen LogP contribution in [0.5, 0.6) is 0 Å². The molecule has 0 radical (unpaired) electrons. The Hall–Kier alpha value is -8.78. The van der Waals surface area contributed by atoms with Crippen LogP contribution in [0.3, 0.4) is 0 Å². The lowest BCUT2D eigenvalue weighted by atomic mass is 9.67. The molecule has 0 atom stereocenters. The number of hydrogen-bond acceptors (Lipinski definition) is 1. The Balaban J connectivity index is 1.03. The fraction of sp³-hybridized carbons (Fsp3) is 0.0294. The summed E-state index contributed by atoms with van der Waals surface area (Å²) in [5, 5.41) is 7.57. The van der Waals surface area contributed by atoms with Gasteiger partial charge in [0.05, 0.1) is 10.8 Å². The van der Waals surface area contributed by atoms with E-state index in [1.165, 1.54) is 110 Å². The summed E-state index contributed by atoms with van der Waals surface area (Å²) in [6, 6.07) is 98.2. The van der Waals surface area contributed by atoms with Gasteiger partial charge in [-0.15, -0.1) is 0 Å². The van der Waals surface area contributed by atoms with Crippen LogP contribution < -0.4 is 4.90 Å². The first-order valence-corrected chi connectivity index (χ1v) is 24.2. The molecule has 0 fully saturated rings. The summed E-state index contributed by atoms with van der Waals surface area (Å²) in [5.74, 6) is 0. The quantitative estimate of drug-likeness (QED) is 0.156. The fourth-order valence-electron chi connectivity index (χ4n) is 13.3. The number of fused-ring (bicyclic) bond motifs is 19. The Morgan fingerprint density at radius 3 is 1.09 bits per heavy atom. The molecular formula is C68H43N. The van der Waals surface area contributed by atoms with E-state index in [-0.39, 0.29) is 0 Å². The molecule has 1 spiro atoms. The van der Waals surface area contributed by atoms with Crippen molar-refractivity contribution in [3.63, 3.8) is 0 Å². The number of rotatable bonds is 5. The molecule has 0 saturated heterocycles. The van der Waals surface area contributed by atoms with Gasteiger partial charge in [-0.1, -0.05) is 224 Å². The average molecular weight is 874 g/mol. The highest BCUT2D eigenvalue weighted by atomic mass is 15.1. The lowest BCUT2D eigenvalue weighted by molar-refractivity contribution is 0.768. The number of hydrogen-bond donors (Lipinski definition) is 0. The topological polar surface area (TPSA) is 3.24 Å². The van der Waals surface area contributed by atoms with Gasteiger partial charge >= 0.3 is 0 Å². The van der Waals surface area contributed by atoms with E-state index in [0.29, 0.717) is 0 Å². The van der Waals surface area contributed by atoms with Crippen molar-refractivity contribution in [1.82, 2.24) is 0 Å². The molecule has 0 saturated carbocycles. The largest absolute Gasteiger partial charge is 0.310 e. The van der Waals surface area contributed by atoms with Crippen molar-refractivity contribution in [3.8, 4) is 33.4 Å². The van der Waals surface area contributed by atoms with Gasteiger partial charge in [-0.25, -0.2) is 0 Å². The van der Waals surface area contributed by atoms with E-state index in [0.717, 1.165) is 17.1 Å². The molecule has 1 heteroatoms. The first-order chi connectivity index (χ1) is 34.2. The third kappa shape index (κ3) is 5.04. The molecule has 320 valence electrons. The maximum atomic E-state index is 2.53. The van der Waals surface area contributed by atoms with Crippen LogP contribution in [0, 0.1) is 0 Å². The molecule has 12 aromatic rings. The maximum Gasteiger partial charge on any atom is 0.0726 e. The highest BCUT2D eigenvalue weighted by Crippen LogP contribution is 2.64. The van der Waals surface area contributed by atoms with Crippen molar-refractivity contribution in [1.29, 1.82) is 0 Å². The molecule has 0 amide bonds. The van der Waals surface area contributed by atoms with E-state index in [4.69, 9.17) is 0 Å². The Kier molecular flexibility index (Phi) is 7.98. The molecular weight excluding hydrogens is 831 g/mol. The summed E-state index contributed by atoms with van der Waals surface area (Å²) >= 11 is 0. The van der Waals surface area contributed by atoms with Crippen molar-refractivity contribution in [2.75, 3.05) is 4.90 Å². The van der Waals surface area contributed by atoms with Crippen LogP contribution in [-0.4, -0.2) is 0 Å². The van der Waals surface area contributed by atoms with Gasteiger partial charge in [0.25, 0.3) is 0 Å². The molecule has 3 aliphatic carbocycles. The minimum atomic E-state index is -0.546. The van der Waals surface area contributed by atoms with Crippen molar-refractivity contribution < 1.29 is 0 Å². The molecule has 0 N–H and O–H groups in total. The van der Waals surface area contributed by atoms with E-state index < -0.39 is 10.8 Å². The van der Waals surface area contributed by atoms with Crippen LogP contribution in [0.15, 0.2) is 261 Å². The maximum absolute atomic E-state index is 2.53. The lowest BCUT2D eigenvalue weighted by Gasteiger charge is -2.35. The normalized spacial score (nSPS) is 14.0. The van der Waals surface area contributed by atoms with Gasteiger partial charge in [-0.3, -0.25) is 0 Å². The molecule has 0 bridgehead atoms. The van der Waals surface area contributed by atoms with Gasteiger partial charge in [-0.2, -0.15) is 0 Å². The number of benzene rings is 12. The van der Waals surface area contributed by atoms with Gasteiger partial charge in [0.1, 0.15) is 0 Å². The molecule has 3 aliphatic rings. The molecule has 12 aromatic carbocycles. The highest BCUT2D eigenvalue weighted by Gasteiger charge is 2.52. The van der Waals surface area contributed by atoms with Crippen molar-refractivity contribution in [2.24, 2.45) is 0 Å². The zero-order chi connectivity index (χ0) is 45.3. The smallest absolute Gasteiger partial charge is 0.0726 e. The average Bonchev–Trinajstić information content (AvgIpc) is 4.02. The van der Waals surface area contributed by atoms with Crippen molar-refractivity contribution in [3.05, 3.63) is 305 Å². The molecule has 0 unspecified atom stereocenters. The van der Waals surface area contributed by atoms with Crippen LogP contribution in [0.1, 0.15) is 44.5 Å². The van der Waals surface area contributed by atoms with E-state index in [1.54, 1.807) is 0 Å². The van der Waals surface area contributed by atoms with Crippen LogP contribution in [0.25, 0.3) is 65.7 Å². The van der Waals surface area contributed by atoms with Crippen LogP contribution in [0.4, 0.5) is 17.1 Å². The summed E-state index contributed by atoms with van der Waals surface area (Å²) in [6.07, 6.45) is 0. The number of nitrogens with zero attached hydrogens (tertiary/aromatic N) is 1. The van der Waals surface area contributed by atoms with E-state index in [1.807, 2.05) is 0 Å². The Morgan fingerprint density at radius 2 is 0.565 bits per heavy atom. The Morgan fingerprint density at radius 1 is 0.203 bits per heavy atom. The molecule has 15 rings (SSSR count). The van der Waals surface area contributed by atoms with Crippen LogP contribution in [-0.2, 0) is 10.8 Å². The number of anilines is 3. The first kappa shape index (κ1) is 38.3. The van der Waals surface area contributed by atoms with E-state index in [2.05, 4.69) is 266 Å². The zero-order valence-electron chi connectivity index (χ0n) is 37.8. The van der Waals surface area contributed by atoms with Crippen LogP contribution >= 0.6 is 0 Å². The second kappa shape index (κ2) is 14.4. The molecule has 69 heavy (non-hydrogen) atoms. The van der Waals surface area contributed by atoms with E-state index in [9.17, 15) is 0 Å². The molecule has 0 aromatic heterocycles. The lowest BCUT2D eigenvalue weighted by Crippen LogP contribution is -2.29. The van der Waals surface area contributed by atoms with Gasteiger partial charge in [0.2, 0.25) is 0 Å². The van der Waals surface area contributed by atoms with E-state index >= 15 is 0 Å². The predicted molar refractivity (Wildman–Crippen MR) is 287 cm³/mol.